The molecule has 6 nitrogen and oxygen atoms in total. The Hall–Kier alpha value is -2.67. The first-order valence-electron chi connectivity index (χ1n) is 5.96. The number of phenolic OH excluding ortho intramolecular Hbond substituents is 2. The summed E-state index contributed by atoms with van der Waals surface area (Å²) in [7, 11) is 0. The molecule has 0 atom stereocenters. The Morgan fingerprint density at radius 2 is 2.05 bits per heavy atom. The maximum Gasteiger partial charge on any atom is 0.265 e. The van der Waals surface area contributed by atoms with Gasteiger partial charge in [-0.15, -0.1) is 6.58 Å². The van der Waals surface area contributed by atoms with Crippen LogP contribution in [0, 0.1) is 0 Å². The molecule has 21 heavy (non-hydrogen) atoms. The van der Waals surface area contributed by atoms with Crippen molar-refractivity contribution in [2.75, 3.05) is 6.54 Å². The van der Waals surface area contributed by atoms with Gasteiger partial charge in [-0.2, -0.15) is 0 Å². The van der Waals surface area contributed by atoms with Gasteiger partial charge in [0, 0.05) is 12.1 Å². The van der Waals surface area contributed by atoms with Crippen LogP contribution in [-0.2, 0) is 9.59 Å². The Kier molecular flexibility index (Phi) is 4.04. The van der Waals surface area contributed by atoms with Crippen LogP contribution in [0.1, 0.15) is 5.56 Å². The van der Waals surface area contributed by atoms with Gasteiger partial charge in [0.25, 0.3) is 11.8 Å². The van der Waals surface area contributed by atoms with Crippen LogP contribution in [0.2, 0.25) is 0 Å². The lowest BCUT2D eigenvalue weighted by atomic mass is 10.1. The van der Waals surface area contributed by atoms with Crippen LogP contribution < -0.4 is 5.32 Å². The lowest BCUT2D eigenvalue weighted by Crippen LogP contribution is -2.53. The van der Waals surface area contributed by atoms with E-state index in [9.17, 15) is 19.8 Å². The second-order valence-corrected chi connectivity index (χ2v) is 4.62. The van der Waals surface area contributed by atoms with Crippen molar-refractivity contribution in [3.63, 3.8) is 0 Å². The number of benzene rings is 1. The number of amides is 2. The molecule has 1 aromatic carbocycles. The van der Waals surface area contributed by atoms with Crippen LogP contribution in [-0.4, -0.2) is 38.6 Å². The first-order chi connectivity index (χ1) is 9.95. The number of carbonyl (C=O) groups excluding carboxylic acids is 2. The molecule has 3 N–H and O–H groups in total. The number of aromatic hydroxyl groups is 2. The molecule has 0 spiro atoms. The van der Waals surface area contributed by atoms with Crippen molar-refractivity contribution in [3.05, 3.63) is 42.0 Å². The van der Waals surface area contributed by atoms with Crippen molar-refractivity contribution in [1.29, 1.82) is 0 Å². The monoisotopic (exact) mass is 304 g/mol. The normalized spacial score (nSPS) is 17.0. The Labute approximate surface area is 126 Å². The smallest absolute Gasteiger partial charge is 0.265 e. The van der Waals surface area contributed by atoms with E-state index in [-0.39, 0.29) is 28.5 Å². The molecule has 0 aromatic heterocycles. The molecule has 0 saturated carbocycles. The summed E-state index contributed by atoms with van der Waals surface area (Å²) < 4.78 is 0. The highest BCUT2D eigenvalue weighted by Crippen LogP contribution is 2.30. The quantitative estimate of drug-likeness (QED) is 0.254. The SMILES string of the molecule is C=CCN1C(=O)C(=Cc2cccc(O)c2O)C(=O)NC1=S. The van der Waals surface area contributed by atoms with Crippen LogP contribution in [0.4, 0.5) is 0 Å². The number of hydrogen-bond acceptors (Lipinski definition) is 5. The van der Waals surface area contributed by atoms with Gasteiger partial charge >= 0.3 is 0 Å². The zero-order chi connectivity index (χ0) is 15.6. The molecule has 1 saturated heterocycles. The summed E-state index contributed by atoms with van der Waals surface area (Å²) in [5, 5.41) is 21.5. The van der Waals surface area contributed by atoms with E-state index in [0.29, 0.717) is 0 Å². The van der Waals surface area contributed by atoms with Crippen LogP contribution in [0.3, 0.4) is 0 Å². The van der Waals surface area contributed by atoms with E-state index < -0.39 is 17.6 Å². The minimum absolute atomic E-state index is 0.00202. The standard InChI is InChI=1S/C14H12N2O4S/c1-2-6-16-13(20)9(12(19)15-14(16)21)7-8-4-3-5-10(17)11(8)18/h2-5,7,17-18H,1,6H2,(H,15,19,21). The lowest BCUT2D eigenvalue weighted by Gasteiger charge is -2.27. The number of thiocarbonyl (C=S) groups is 1. The maximum absolute atomic E-state index is 12.3. The highest BCUT2D eigenvalue weighted by Gasteiger charge is 2.32. The number of hydrogen-bond donors (Lipinski definition) is 3. The van der Waals surface area contributed by atoms with Gasteiger partial charge in [-0.1, -0.05) is 18.2 Å². The fraction of sp³-hybridized carbons (Fsp3) is 0.0714. The number of nitrogens with one attached hydrogen (secondary N) is 1. The fourth-order valence-electron chi connectivity index (χ4n) is 1.81. The second-order valence-electron chi connectivity index (χ2n) is 4.24. The largest absolute Gasteiger partial charge is 0.504 e. The molecule has 1 aromatic rings. The molecule has 0 radical (unpaired) electrons. The summed E-state index contributed by atoms with van der Waals surface area (Å²) in [4.78, 5) is 25.3. The van der Waals surface area contributed by atoms with E-state index in [1.165, 1.54) is 35.3 Å². The van der Waals surface area contributed by atoms with Gasteiger partial charge in [-0.25, -0.2) is 0 Å². The fourth-order valence-corrected chi connectivity index (χ4v) is 2.06. The molecule has 2 rings (SSSR count). The second kappa shape index (κ2) is 5.76. The minimum Gasteiger partial charge on any atom is -0.504 e. The Morgan fingerprint density at radius 3 is 2.71 bits per heavy atom. The topological polar surface area (TPSA) is 89.9 Å². The molecule has 1 heterocycles. The van der Waals surface area contributed by atoms with Gasteiger partial charge in [0.05, 0.1) is 0 Å². The predicted octanol–water partition coefficient (Wildman–Crippen LogP) is 0.910. The van der Waals surface area contributed by atoms with E-state index >= 15 is 0 Å². The Morgan fingerprint density at radius 1 is 1.33 bits per heavy atom. The molecule has 108 valence electrons. The molecule has 1 aliphatic heterocycles. The van der Waals surface area contributed by atoms with Crippen LogP contribution in [0.15, 0.2) is 36.4 Å². The number of nitrogens with zero attached hydrogens (tertiary/aromatic N) is 1. The number of carbonyl (C=O) groups is 2. The van der Waals surface area contributed by atoms with E-state index in [1.807, 2.05) is 0 Å². The number of phenols is 2. The molecular formula is C14H12N2O4S. The first-order valence-corrected chi connectivity index (χ1v) is 6.37. The molecule has 1 aliphatic rings. The van der Waals surface area contributed by atoms with Crippen molar-refractivity contribution in [2.24, 2.45) is 0 Å². The van der Waals surface area contributed by atoms with Crippen molar-refractivity contribution >= 4 is 35.2 Å². The van der Waals surface area contributed by atoms with Crippen LogP contribution >= 0.6 is 12.2 Å². The first kappa shape index (κ1) is 14.7. The van der Waals surface area contributed by atoms with Crippen LogP contribution in [0.5, 0.6) is 11.5 Å². The summed E-state index contributed by atoms with van der Waals surface area (Å²) in [6, 6.07) is 4.24. The van der Waals surface area contributed by atoms with E-state index in [1.54, 1.807) is 0 Å². The molecule has 2 amide bonds. The van der Waals surface area contributed by atoms with Crippen molar-refractivity contribution in [2.45, 2.75) is 0 Å². The van der Waals surface area contributed by atoms with Gasteiger partial charge in [0.15, 0.2) is 16.6 Å². The lowest BCUT2D eigenvalue weighted by molar-refractivity contribution is -0.128. The summed E-state index contributed by atoms with van der Waals surface area (Å²) in [6.45, 7) is 3.67. The summed E-state index contributed by atoms with van der Waals surface area (Å²) >= 11 is 4.92. The predicted molar refractivity (Wildman–Crippen MR) is 80.4 cm³/mol. The van der Waals surface area contributed by atoms with E-state index in [0.717, 1.165) is 0 Å². The summed E-state index contributed by atoms with van der Waals surface area (Å²) in [5.74, 6) is -2.00. The van der Waals surface area contributed by atoms with Crippen molar-refractivity contribution in [1.82, 2.24) is 10.2 Å². The molecule has 0 aliphatic carbocycles. The molecule has 7 heteroatoms. The van der Waals surface area contributed by atoms with Gasteiger partial charge in [-0.3, -0.25) is 19.8 Å². The average molecular weight is 304 g/mol. The third-order valence-corrected chi connectivity index (χ3v) is 3.17. The highest BCUT2D eigenvalue weighted by atomic mass is 32.1. The highest BCUT2D eigenvalue weighted by molar-refractivity contribution is 7.80. The number of para-hydroxylation sites is 1. The summed E-state index contributed by atoms with van der Waals surface area (Å²) in [6.07, 6.45) is 2.68. The summed E-state index contributed by atoms with van der Waals surface area (Å²) in [5.41, 5.74) is -0.0359. The average Bonchev–Trinajstić information content (AvgIpc) is 2.44. The third-order valence-electron chi connectivity index (χ3n) is 2.84. The van der Waals surface area contributed by atoms with E-state index in [2.05, 4.69) is 11.9 Å². The van der Waals surface area contributed by atoms with Crippen LogP contribution in [0.25, 0.3) is 6.08 Å². The van der Waals surface area contributed by atoms with Crippen molar-refractivity contribution in [3.8, 4) is 11.5 Å². The zero-order valence-electron chi connectivity index (χ0n) is 10.9. The van der Waals surface area contributed by atoms with Gasteiger partial charge in [0.1, 0.15) is 5.57 Å². The van der Waals surface area contributed by atoms with Crippen molar-refractivity contribution < 1.29 is 19.8 Å². The molecule has 0 bridgehead atoms. The Bertz CT molecular complexity index is 682. The maximum atomic E-state index is 12.3. The molecular weight excluding hydrogens is 292 g/mol. The molecule has 1 fully saturated rings. The third kappa shape index (κ3) is 2.77. The van der Waals surface area contributed by atoms with E-state index in [4.69, 9.17) is 12.2 Å². The molecule has 0 unspecified atom stereocenters. The van der Waals surface area contributed by atoms with Gasteiger partial charge in [0.2, 0.25) is 0 Å². The van der Waals surface area contributed by atoms with Gasteiger partial charge < -0.3 is 10.2 Å². The minimum atomic E-state index is -0.659. The Balaban J connectivity index is 2.45. The van der Waals surface area contributed by atoms with Gasteiger partial charge in [-0.05, 0) is 24.4 Å². The number of rotatable bonds is 3. The zero-order valence-corrected chi connectivity index (χ0v) is 11.7.